The number of rotatable bonds is 6. The smallest absolute Gasteiger partial charge is 0.323 e. The van der Waals surface area contributed by atoms with Crippen LogP contribution in [0.3, 0.4) is 0 Å². The van der Waals surface area contributed by atoms with Gasteiger partial charge in [0.1, 0.15) is 12.4 Å². The zero-order chi connectivity index (χ0) is 14.7. The summed E-state index contributed by atoms with van der Waals surface area (Å²) >= 11 is 12.0. The summed E-state index contributed by atoms with van der Waals surface area (Å²) in [5, 5.41) is 9.90. The third kappa shape index (κ3) is 3.25. The topological polar surface area (TPSA) is 55.1 Å². The molecule has 2 rings (SSSR count). The second-order valence-electron chi connectivity index (χ2n) is 4.72. The van der Waals surface area contributed by atoms with Crippen molar-refractivity contribution >= 4 is 40.2 Å². The van der Waals surface area contributed by atoms with E-state index in [0.717, 1.165) is 31.5 Å². The first-order valence-electron chi connectivity index (χ1n) is 6.59. The Labute approximate surface area is 127 Å². The number of benzene rings is 1. The lowest BCUT2D eigenvalue weighted by atomic mass is 10.2. The van der Waals surface area contributed by atoms with Gasteiger partial charge in [-0.1, -0.05) is 43.0 Å². The number of nitrogens with zero attached hydrogens (tertiary/aromatic N) is 2. The van der Waals surface area contributed by atoms with E-state index in [4.69, 9.17) is 28.3 Å². The minimum Gasteiger partial charge on any atom is -0.480 e. The van der Waals surface area contributed by atoms with Crippen molar-refractivity contribution in [2.24, 2.45) is 0 Å². The highest BCUT2D eigenvalue weighted by Gasteiger charge is 2.14. The fourth-order valence-corrected chi connectivity index (χ4v) is 2.52. The van der Waals surface area contributed by atoms with Crippen LogP contribution < -0.4 is 0 Å². The van der Waals surface area contributed by atoms with E-state index in [9.17, 15) is 4.79 Å². The lowest BCUT2D eigenvalue weighted by Gasteiger charge is -2.06. The summed E-state index contributed by atoms with van der Waals surface area (Å²) in [5.41, 5.74) is 1.40. The van der Waals surface area contributed by atoms with Crippen LogP contribution in [0.5, 0.6) is 0 Å². The first-order valence-corrected chi connectivity index (χ1v) is 7.34. The number of carboxylic acid groups (broad SMARTS) is 1. The van der Waals surface area contributed by atoms with Gasteiger partial charge in [0, 0.05) is 6.42 Å². The van der Waals surface area contributed by atoms with Crippen LogP contribution in [-0.4, -0.2) is 20.6 Å². The molecule has 0 amide bonds. The van der Waals surface area contributed by atoms with Crippen LogP contribution in [0, 0.1) is 0 Å². The molecule has 0 bridgehead atoms. The van der Waals surface area contributed by atoms with Crippen LogP contribution in [0.1, 0.15) is 32.0 Å². The number of aromatic nitrogens is 2. The highest BCUT2D eigenvalue weighted by atomic mass is 35.5. The van der Waals surface area contributed by atoms with Gasteiger partial charge in [-0.15, -0.1) is 0 Å². The van der Waals surface area contributed by atoms with E-state index in [2.05, 4.69) is 11.9 Å². The number of aliphatic carboxylic acids is 1. The summed E-state index contributed by atoms with van der Waals surface area (Å²) < 4.78 is 1.70. The molecule has 20 heavy (non-hydrogen) atoms. The van der Waals surface area contributed by atoms with E-state index in [0.29, 0.717) is 21.1 Å². The molecule has 0 saturated carbocycles. The van der Waals surface area contributed by atoms with E-state index in [1.165, 1.54) is 0 Å². The molecule has 1 heterocycles. The molecule has 0 aliphatic rings. The molecule has 2 aromatic rings. The fourth-order valence-electron chi connectivity index (χ4n) is 2.21. The first-order chi connectivity index (χ1) is 9.52. The molecule has 1 N–H and O–H groups in total. The van der Waals surface area contributed by atoms with Crippen molar-refractivity contribution in [3.63, 3.8) is 0 Å². The van der Waals surface area contributed by atoms with Crippen molar-refractivity contribution in [3.05, 3.63) is 28.0 Å². The third-order valence-electron chi connectivity index (χ3n) is 3.17. The van der Waals surface area contributed by atoms with Gasteiger partial charge >= 0.3 is 5.97 Å². The zero-order valence-electron chi connectivity index (χ0n) is 11.2. The molecule has 1 aromatic heterocycles. The number of carboxylic acids is 1. The van der Waals surface area contributed by atoms with Crippen molar-refractivity contribution in [3.8, 4) is 0 Å². The van der Waals surface area contributed by atoms with E-state index < -0.39 is 5.97 Å². The van der Waals surface area contributed by atoms with Crippen molar-refractivity contribution in [2.75, 3.05) is 0 Å². The largest absolute Gasteiger partial charge is 0.480 e. The highest BCUT2D eigenvalue weighted by molar-refractivity contribution is 6.42. The minimum atomic E-state index is -0.896. The molecular weight excluding hydrogens is 299 g/mol. The molecule has 0 spiro atoms. The quantitative estimate of drug-likeness (QED) is 0.814. The molecule has 0 radical (unpaired) electrons. The number of hydrogen-bond acceptors (Lipinski definition) is 2. The Morgan fingerprint density at radius 1 is 1.30 bits per heavy atom. The van der Waals surface area contributed by atoms with Gasteiger partial charge in [-0.05, 0) is 18.6 Å². The van der Waals surface area contributed by atoms with E-state index in [1.54, 1.807) is 16.7 Å². The van der Waals surface area contributed by atoms with Gasteiger partial charge in [0.2, 0.25) is 0 Å². The fraction of sp³-hybridized carbons (Fsp3) is 0.429. The maximum atomic E-state index is 11.0. The molecule has 0 fully saturated rings. The Morgan fingerprint density at radius 3 is 2.65 bits per heavy atom. The second kappa shape index (κ2) is 6.46. The van der Waals surface area contributed by atoms with Crippen LogP contribution >= 0.6 is 23.2 Å². The maximum absolute atomic E-state index is 11.0. The van der Waals surface area contributed by atoms with Gasteiger partial charge in [0.25, 0.3) is 0 Å². The molecule has 0 unspecified atom stereocenters. The van der Waals surface area contributed by atoms with Crippen molar-refractivity contribution in [1.82, 2.24) is 9.55 Å². The van der Waals surface area contributed by atoms with Crippen LogP contribution in [-0.2, 0) is 17.8 Å². The molecule has 1 aromatic carbocycles. The molecule has 4 nitrogen and oxygen atoms in total. The van der Waals surface area contributed by atoms with E-state index in [1.807, 2.05) is 0 Å². The normalized spacial score (nSPS) is 11.2. The Kier molecular flexibility index (Phi) is 4.89. The van der Waals surface area contributed by atoms with E-state index >= 15 is 0 Å². The number of carbonyl (C=O) groups is 1. The van der Waals surface area contributed by atoms with Crippen molar-refractivity contribution < 1.29 is 9.90 Å². The van der Waals surface area contributed by atoms with E-state index in [-0.39, 0.29) is 6.54 Å². The summed E-state index contributed by atoms with van der Waals surface area (Å²) in [5.74, 6) is -0.124. The Morgan fingerprint density at radius 2 is 2.00 bits per heavy atom. The molecule has 0 aliphatic heterocycles. The van der Waals surface area contributed by atoms with Gasteiger partial charge < -0.3 is 9.67 Å². The highest BCUT2D eigenvalue weighted by Crippen LogP contribution is 2.28. The van der Waals surface area contributed by atoms with Crippen LogP contribution in [0.15, 0.2) is 12.1 Å². The monoisotopic (exact) mass is 314 g/mol. The lowest BCUT2D eigenvalue weighted by Crippen LogP contribution is -2.12. The van der Waals surface area contributed by atoms with Crippen LogP contribution in [0.4, 0.5) is 0 Å². The van der Waals surface area contributed by atoms with Gasteiger partial charge in [0.05, 0.1) is 21.1 Å². The summed E-state index contributed by atoms with van der Waals surface area (Å²) in [6, 6.07) is 3.36. The van der Waals surface area contributed by atoms with Crippen molar-refractivity contribution in [2.45, 2.75) is 39.2 Å². The number of unbranched alkanes of at least 4 members (excludes halogenated alkanes) is 2. The predicted molar refractivity (Wildman–Crippen MR) is 80.6 cm³/mol. The zero-order valence-corrected chi connectivity index (χ0v) is 12.7. The standard InChI is InChI=1S/C14H16Cl2N2O2/c1-2-3-4-5-13-17-11-6-9(15)10(16)7-12(11)18(13)8-14(19)20/h6-7H,2-5,8H2,1H3,(H,19,20). The average molecular weight is 315 g/mol. The molecule has 6 heteroatoms. The van der Waals surface area contributed by atoms with Gasteiger partial charge in [-0.2, -0.15) is 0 Å². The van der Waals surface area contributed by atoms with Crippen LogP contribution in [0.2, 0.25) is 10.0 Å². The third-order valence-corrected chi connectivity index (χ3v) is 3.89. The average Bonchev–Trinajstić information content (AvgIpc) is 2.68. The molecule has 0 saturated heterocycles. The molecule has 0 atom stereocenters. The first kappa shape index (κ1) is 15.1. The number of fused-ring (bicyclic) bond motifs is 1. The molecular formula is C14H16Cl2N2O2. The number of imidazole rings is 1. The summed E-state index contributed by atoms with van der Waals surface area (Å²) in [6.07, 6.45) is 3.94. The summed E-state index contributed by atoms with van der Waals surface area (Å²) in [7, 11) is 0. The SMILES string of the molecule is CCCCCc1nc2cc(Cl)c(Cl)cc2n1CC(=O)O. The van der Waals surface area contributed by atoms with Crippen molar-refractivity contribution in [1.29, 1.82) is 0 Å². The Hall–Kier alpha value is -1.26. The number of halogens is 2. The predicted octanol–water partition coefficient (Wildman–Crippen LogP) is 4.16. The van der Waals surface area contributed by atoms with Gasteiger partial charge in [0.15, 0.2) is 0 Å². The minimum absolute atomic E-state index is 0.115. The van der Waals surface area contributed by atoms with Gasteiger partial charge in [-0.3, -0.25) is 4.79 Å². The van der Waals surface area contributed by atoms with Crippen LogP contribution in [0.25, 0.3) is 11.0 Å². The molecule has 108 valence electrons. The number of hydrogen-bond donors (Lipinski definition) is 1. The Balaban J connectivity index is 2.45. The second-order valence-corrected chi connectivity index (χ2v) is 5.53. The lowest BCUT2D eigenvalue weighted by molar-refractivity contribution is -0.137. The Bertz CT molecular complexity index is 638. The molecule has 0 aliphatic carbocycles. The maximum Gasteiger partial charge on any atom is 0.323 e. The summed E-state index contributed by atoms with van der Waals surface area (Å²) in [4.78, 5) is 15.5. The number of aryl methyl sites for hydroxylation is 1. The summed E-state index contributed by atoms with van der Waals surface area (Å²) in [6.45, 7) is 2.01. The van der Waals surface area contributed by atoms with Gasteiger partial charge in [-0.25, -0.2) is 4.98 Å².